The molecular weight excluding hydrogens is 510 g/mol. The average molecular weight is 540 g/mol. The molecular formula is C16H30N2O7Y2-2. The molecule has 0 spiro atoms. The van der Waals surface area contributed by atoms with E-state index in [2.05, 4.69) is 0 Å². The van der Waals surface area contributed by atoms with E-state index in [4.69, 9.17) is 30.4 Å². The van der Waals surface area contributed by atoms with Crippen LogP contribution in [0.1, 0.15) is 34.6 Å². The van der Waals surface area contributed by atoms with Crippen molar-refractivity contribution < 1.29 is 99.7 Å². The van der Waals surface area contributed by atoms with E-state index in [1.54, 1.807) is 13.8 Å². The van der Waals surface area contributed by atoms with Crippen molar-refractivity contribution in [2.75, 3.05) is 0 Å². The first-order chi connectivity index (χ1) is 11.4. The number of ether oxygens (including phenoxy) is 4. The predicted octanol–water partition coefficient (Wildman–Crippen LogP) is 0.596. The Kier molecular flexibility index (Phi) is 12.2. The third kappa shape index (κ3) is 7.20. The molecule has 0 amide bonds. The summed E-state index contributed by atoms with van der Waals surface area (Å²) in [5.74, 6) is 0. The van der Waals surface area contributed by atoms with Gasteiger partial charge in [0, 0.05) is 65.4 Å². The maximum atomic E-state index is 10.5. The molecule has 27 heavy (non-hydrogen) atoms. The summed E-state index contributed by atoms with van der Waals surface area (Å²) in [6.07, 6.45) is -7.82. The van der Waals surface area contributed by atoms with E-state index in [0.29, 0.717) is 0 Å². The van der Waals surface area contributed by atoms with Gasteiger partial charge in [0.1, 0.15) is 24.8 Å². The summed E-state index contributed by atoms with van der Waals surface area (Å²) >= 11 is 0. The van der Waals surface area contributed by atoms with Gasteiger partial charge in [-0.25, -0.2) is 0 Å². The van der Waals surface area contributed by atoms with Gasteiger partial charge < -0.3 is 45.7 Å². The van der Waals surface area contributed by atoms with Crippen molar-refractivity contribution in [2.24, 2.45) is 0 Å². The van der Waals surface area contributed by atoms with Gasteiger partial charge in [0.05, 0.1) is 30.0 Å². The molecule has 0 aromatic heterocycles. The fraction of sp³-hybridized carbons (Fsp3) is 1.00. The Labute approximate surface area is 210 Å². The topological polar surface area (TPSA) is 145 Å². The molecule has 11 heteroatoms. The zero-order chi connectivity index (χ0) is 19.1. The van der Waals surface area contributed by atoms with Gasteiger partial charge in [0.2, 0.25) is 0 Å². The van der Waals surface area contributed by atoms with Gasteiger partial charge >= 0.3 is 0 Å². The van der Waals surface area contributed by atoms with E-state index >= 15 is 0 Å². The summed E-state index contributed by atoms with van der Waals surface area (Å²) in [5, 5.41) is 30.2. The van der Waals surface area contributed by atoms with Gasteiger partial charge in [0.25, 0.3) is 0 Å². The van der Waals surface area contributed by atoms with Crippen LogP contribution in [0.3, 0.4) is 0 Å². The Hall–Kier alpha value is 1.85. The van der Waals surface area contributed by atoms with Crippen LogP contribution < -0.4 is 0 Å². The van der Waals surface area contributed by atoms with Crippen LogP contribution in [-0.2, 0) is 84.4 Å². The molecule has 2 fully saturated rings. The molecule has 0 aliphatic carbocycles. The zero-order valence-electron chi connectivity index (χ0n) is 16.4. The Morgan fingerprint density at radius 1 is 0.815 bits per heavy atom. The van der Waals surface area contributed by atoms with Crippen molar-refractivity contribution in [3.63, 3.8) is 0 Å². The van der Waals surface area contributed by atoms with Gasteiger partial charge in [-0.1, -0.05) is 12.1 Å². The SMILES string of the molecule is CC1OC(O)C([NH-])C(O)C1OC1OC(C)C(OC(C)(C)C)C(O)C1[NH-].[Y].[Y]. The summed E-state index contributed by atoms with van der Waals surface area (Å²) in [5.41, 5.74) is 15.4. The normalized spacial score (nSPS) is 45.6. The Morgan fingerprint density at radius 2 is 1.30 bits per heavy atom. The summed E-state index contributed by atoms with van der Waals surface area (Å²) < 4.78 is 22.4. The Bertz CT molecular complexity index is 457. The largest absolute Gasteiger partial charge is 0.668 e. The van der Waals surface area contributed by atoms with Gasteiger partial charge in [-0.2, -0.15) is 0 Å². The number of aliphatic hydroxyl groups excluding tert-OH is 3. The summed E-state index contributed by atoms with van der Waals surface area (Å²) in [6.45, 7) is 8.87. The summed E-state index contributed by atoms with van der Waals surface area (Å²) in [7, 11) is 0. The first kappa shape index (κ1) is 28.8. The second kappa shape index (κ2) is 11.5. The maximum absolute atomic E-state index is 10.5. The van der Waals surface area contributed by atoms with Crippen molar-refractivity contribution in [1.82, 2.24) is 0 Å². The molecule has 0 bridgehead atoms. The van der Waals surface area contributed by atoms with Crippen LogP contribution in [0.4, 0.5) is 0 Å². The van der Waals surface area contributed by atoms with Gasteiger partial charge in [-0.05, 0) is 34.6 Å². The molecule has 0 aromatic rings. The molecule has 154 valence electrons. The van der Waals surface area contributed by atoms with Crippen molar-refractivity contribution in [3.05, 3.63) is 11.5 Å². The maximum Gasteiger partial charge on any atom is 0.145 e. The summed E-state index contributed by atoms with van der Waals surface area (Å²) in [6, 6.07) is -2.44. The van der Waals surface area contributed by atoms with E-state index in [9.17, 15) is 15.3 Å². The Morgan fingerprint density at radius 3 is 1.81 bits per heavy atom. The number of hydrogen-bond donors (Lipinski definition) is 3. The minimum absolute atomic E-state index is 0. The van der Waals surface area contributed by atoms with E-state index < -0.39 is 66.9 Å². The predicted molar refractivity (Wildman–Crippen MR) is 88.6 cm³/mol. The van der Waals surface area contributed by atoms with E-state index in [0.717, 1.165) is 0 Å². The molecule has 2 saturated heterocycles. The second-order valence-electron chi connectivity index (χ2n) is 7.77. The molecule has 0 aromatic carbocycles. The van der Waals surface area contributed by atoms with E-state index in [1.807, 2.05) is 20.8 Å². The van der Waals surface area contributed by atoms with E-state index in [-0.39, 0.29) is 65.4 Å². The quantitative estimate of drug-likeness (QED) is 0.476. The molecule has 10 unspecified atom stereocenters. The van der Waals surface area contributed by atoms with Crippen molar-refractivity contribution in [1.29, 1.82) is 0 Å². The third-order valence-corrected chi connectivity index (χ3v) is 4.42. The van der Waals surface area contributed by atoms with Crippen molar-refractivity contribution in [2.45, 2.75) is 102 Å². The first-order valence-corrected chi connectivity index (χ1v) is 8.53. The molecule has 2 aliphatic rings. The molecule has 2 rings (SSSR count). The van der Waals surface area contributed by atoms with Gasteiger partial charge in [0.15, 0.2) is 0 Å². The Balaban J connectivity index is 0.00000338. The van der Waals surface area contributed by atoms with Crippen LogP contribution in [0.15, 0.2) is 0 Å². The molecule has 2 heterocycles. The first-order valence-electron chi connectivity index (χ1n) is 8.53. The summed E-state index contributed by atoms with van der Waals surface area (Å²) in [4.78, 5) is 0. The molecule has 2 radical (unpaired) electrons. The van der Waals surface area contributed by atoms with Crippen LogP contribution in [-0.4, -0.2) is 82.2 Å². The van der Waals surface area contributed by atoms with Crippen LogP contribution >= 0.6 is 0 Å². The minimum Gasteiger partial charge on any atom is -0.668 e. The standard InChI is InChI=1S/C16H30N2O7.2Y/c1-6-12(10(19)8(17)14(21)22-6)24-15-9(18)11(20)13(7(2)23-15)25-16(3,4)5;;/h6-15,17-21H,1-5H3;;/q-2;;. The fourth-order valence-electron chi connectivity index (χ4n) is 3.09. The molecule has 9 nitrogen and oxygen atoms in total. The van der Waals surface area contributed by atoms with E-state index in [1.165, 1.54) is 0 Å². The number of aliphatic hydroxyl groups is 3. The van der Waals surface area contributed by atoms with Crippen molar-refractivity contribution >= 4 is 0 Å². The van der Waals surface area contributed by atoms with Crippen LogP contribution in [0.5, 0.6) is 0 Å². The second-order valence-corrected chi connectivity index (χ2v) is 7.77. The van der Waals surface area contributed by atoms with Gasteiger partial charge in [-0.15, -0.1) is 0 Å². The monoisotopic (exact) mass is 540 g/mol. The number of rotatable bonds is 3. The zero-order valence-corrected chi connectivity index (χ0v) is 22.1. The van der Waals surface area contributed by atoms with Crippen LogP contribution in [0.25, 0.3) is 11.5 Å². The molecule has 2 aliphatic heterocycles. The molecule has 5 N–H and O–H groups in total. The number of nitrogens with one attached hydrogen (secondary N) is 2. The average Bonchev–Trinajstić information content (AvgIpc) is 2.49. The molecule has 0 saturated carbocycles. The fourth-order valence-corrected chi connectivity index (χ4v) is 3.09. The third-order valence-electron chi connectivity index (χ3n) is 4.42. The van der Waals surface area contributed by atoms with Crippen LogP contribution in [0.2, 0.25) is 0 Å². The van der Waals surface area contributed by atoms with Crippen LogP contribution in [0, 0.1) is 0 Å². The molecule has 10 atom stereocenters. The van der Waals surface area contributed by atoms with Crippen molar-refractivity contribution in [3.8, 4) is 0 Å². The minimum atomic E-state index is -1.40. The van der Waals surface area contributed by atoms with Gasteiger partial charge in [-0.3, -0.25) is 0 Å². The smallest absolute Gasteiger partial charge is 0.145 e. The number of hydrogen-bond acceptors (Lipinski definition) is 7.